The second-order valence-corrected chi connectivity index (χ2v) is 6.00. The van der Waals surface area contributed by atoms with Crippen LogP contribution in [0.25, 0.3) is 0 Å². The predicted octanol–water partition coefficient (Wildman–Crippen LogP) is 2.96. The van der Waals surface area contributed by atoms with Crippen LogP contribution in [0.3, 0.4) is 0 Å². The van der Waals surface area contributed by atoms with E-state index in [2.05, 4.69) is 10.6 Å². The van der Waals surface area contributed by atoms with Gasteiger partial charge in [0.25, 0.3) is 5.91 Å². The molecule has 0 aliphatic carbocycles. The van der Waals surface area contributed by atoms with Gasteiger partial charge < -0.3 is 15.4 Å². The first-order chi connectivity index (χ1) is 12.8. The lowest BCUT2D eigenvalue weighted by Crippen LogP contribution is -2.33. The van der Waals surface area contributed by atoms with E-state index in [-0.39, 0.29) is 12.3 Å². The number of amides is 2. The largest absolute Gasteiger partial charge is 0.452 e. The molecule has 0 spiro atoms. The van der Waals surface area contributed by atoms with Crippen molar-refractivity contribution in [3.8, 4) is 0 Å². The molecule has 0 aliphatic heterocycles. The van der Waals surface area contributed by atoms with Gasteiger partial charge in [-0.1, -0.05) is 30.3 Å². The smallest absolute Gasteiger partial charge is 0.309 e. The van der Waals surface area contributed by atoms with Crippen molar-refractivity contribution in [3.63, 3.8) is 0 Å². The molecule has 0 unspecified atom stereocenters. The summed E-state index contributed by atoms with van der Waals surface area (Å²) in [5, 5.41) is 5.24. The second kappa shape index (κ2) is 9.47. The molecule has 0 saturated heterocycles. The van der Waals surface area contributed by atoms with Crippen molar-refractivity contribution in [2.45, 2.75) is 32.4 Å². The van der Waals surface area contributed by atoms with Gasteiger partial charge in [0.1, 0.15) is 5.82 Å². The number of carbonyl (C=O) groups excluding carboxylic acids is 3. The van der Waals surface area contributed by atoms with Crippen LogP contribution in [0.2, 0.25) is 0 Å². The topological polar surface area (TPSA) is 84.5 Å². The highest BCUT2D eigenvalue weighted by molar-refractivity contribution is 5.95. The molecule has 0 radical (unpaired) electrons. The Labute approximate surface area is 156 Å². The van der Waals surface area contributed by atoms with E-state index < -0.39 is 29.8 Å². The molecule has 27 heavy (non-hydrogen) atoms. The Morgan fingerprint density at radius 3 is 2.26 bits per heavy atom. The van der Waals surface area contributed by atoms with Gasteiger partial charge in [-0.3, -0.25) is 14.4 Å². The number of hydrogen-bond acceptors (Lipinski definition) is 4. The minimum absolute atomic E-state index is 0.113. The van der Waals surface area contributed by atoms with Gasteiger partial charge in [0.15, 0.2) is 6.10 Å². The minimum atomic E-state index is -1.05. The van der Waals surface area contributed by atoms with Crippen molar-refractivity contribution in [3.05, 3.63) is 66.0 Å². The van der Waals surface area contributed by atoms with Crippen LogP contribution in [0.5, 0.6) is 0 Å². The van der Waals surface area contributed by atoms with Crippen LogP contribution in [-0.4, -0.2) is 23.9 Å². The monoisotopic (exact) mass is 372 g/mol. The summed E-state index contributed by atoms with van der Waals surface area (Å²) in [7, 11) is 0. The lowest BCUT2D eigenvalue weighted by Gasteiger charge is -2.19. The van der Waals surface area contributed by atoms with E-state index >= 15 is 0 Å². The van der Waals surface area contributed by atoms with Crippen molar-refractivity contribution in [1.29, 1.82) is 0 Å². The molecule has 2 N–H and O–H groups in total. The molecular formula is C20H21FN2O4. The summed E-state index contributed by atoms with van der Waals surface area (Å²) in [6, 6.07) is 13.7. The molecule has 2 aromatic carbocycles. The van der Waals surface area contributed by atoms with Crippen molar-refractivity contribution in [2.75, 3.05) is 5.32 Å². The van der Waals surface area contributed by atoms with E-state index in [1.54, 1.807) is 24.3 Å². The van der Waals surface area contributed by atoms with Crippen LogP contribution in [0.1, 0.15) is 31.9 Å². The van der Waals surface area contributed by atoms with E-state index in [0.29, 0.717) is 5.69 Å². The third-order valence-corrected chi connectivity index (χ3v) is 3.74. The first kappa shape index (κ1) is 20.1. The highest BCUT2D eigenvalue weighted by Crippen LogP contribution is 2.18. The molecule has 7 heteroatoms. The average molecular weight is 372 g/mol. The zero-order chi connectivity index (χ0) is 19.8. The SMILES string of the molecule is CC(=O)N[C@H](CC(=O)O[C@@H](C)C(=O)Nc1ccc(F)cc1)c1ccccc1. The van der Waals surface area contributed by atoms with Crippen LogP contribution in [0.4, 0.5) is 10.1 Å². The molecule has 0 aliphatic rings. The number of esters is 1. The summed E-state index contributed by atoms with van der Waals surface area (Å²) in [4.78, 5) is 35.7. The van der Waals surface area contributed by atoms with E-state index in [4.69, 9.17) is 4.74 Å². The zero-order valence-corrected chi connectivity index (χ0v) is 15.1. The Bertz CT molecular complexity index is 793. The molecule has 2 aromatic rings. The fourth-order valence-corrected chi connectivity index (χ4v) is 2.43. The van der Waals surface area contributed by atoms with Gasteiger partial charge in [0, 0.05) is 12.6 Å². The van der Waals surface area contributed by atoms with Crippen LogP contribution >= 0.6 is 0 Å². The Morgan fingerprint density at radius 2 is 1.67 bits per heavy atom. The van der Waals surface area contributed by atoms with E-state index in [9.17, 15) is 18.8 Å². The Morgan fingerprint density at radius 1 is 1.04 bits per heavy atom. The van der Waals surface area contributed by atoms with Crippen LogP contribution < -0.4 is 10.6 Å². The molecular weight excluding hydrogens is 351 g/mol. The van der Waals surface area contributed by atoms with Gasteiger partial charge in [0.05, 0.1) is 12.5 Å². The fraction of sp³-hybridized carbons (Fsp3) is 0.250. The predicted molar refractivity (Wildman–Crippen MR) is 98.2 cm³/mol. The van der Waals surface area contributed by atoms with Gasteiger partial charge >= 0.3 is 5.97 Å². The maximum absolute atomic E-state index is 12.9. The van der Waals surface area contributed by atoms with Gasteiger partial charge in [-0.05, 0) is 36.8 Å². The molecule has 2 rings (SSSR count). The molecule has 2 atom stereocenters. The van der Waals surface area contributed by atoms with Crippen molar-refractivity contribution >= 4 is 23.5 Å². The molecule has 0 heterocycles. The van der Waals surface area contributed by atoms with Gasteiger partial charge in [-0.15, -0.1) is 0 Å². The third kappa shape index (κ3) is 6.54. The molecule has 0 bridgehead atoms. The number of rotatable bonds is 7. The summed E-state index contributed by atoms with van der Waals surface area (Å²) in [5.41, 5.74) is 1.15. The summed E-state index contributed by atoms with van der Waals surface area (Å²) in [6.45, 7) is 2.80. The quantitative estimate of drug-likeness (QED) is 0.732. The lowest BCUT2D eigenvalue weighted by molar-refractivity contribution is -0.153. The van der Waals surface area contributed by atoms with Crippen molar-refractivity contribution < 1.29 is 23.5 Å². The molecule has 0 aromatic heterocycles. The highest BCUT2D eigenvalue weighted by atomic mass is 19.1. The maximum atomic E-state index is 12.9. The lowest BCUT2D eigenvalue weighted by atomic mass is 10.0. The minimum Gasteiger partial charge on any atom is -0.452 e. The average Bonchev–Trinajstić information content (AvgIpc) is 2.63. The summed E-state index contributed by atoms with van der Waals surface area (Å²) in [5.74, 6) is -1.86. The van der Waals surface area contributed by atoms with Crippen LogP contribution in [-0.2, 0) is 19.1 Å². The second-order valence-electron chi connectivity index (χ2n) is 6.00. The fourth-order valence-electron chi connectivity index (χ4n) is 2.43. The molecule has 6 nitrogen and oxygen atoms in total. The zero-order valence-electron chi connectivity index (χ0n) is 15.1. The number of carbonyl (C=O) groups is 3. The summed E-state index contributed by atoms with van der Waals surface area (Å²) in [6.07, 6.45) is -1.16. The number of ether oxygens (including phenoxy) is 1. The van der Waals surface area contributed by atoms with E-state index in [0.717, 1.165) is 5.56 Å². The third-order valence-electron chi connectivity index (χ3n) is 3.74. The number of hydrogen-bond donors (Lipinski definition) is 2. The Hall–Kier alpha value is -3.22. The number of benzene rings is 2. The number of nitrogens with one attached hydrogen (secondary N) is 2. The summed E-state index contributed by atoms with van der Waals surface area (Å²) < 4.78 is 18.1. The standard InChI is InChI=1S/C20H21FN2O4/c1-13(20(26)23-17-10-8-16(21)9-11-17)27-19(25)12-18(22-14(2)24)15-6-4-3-5-7-15/h3-11,13,18H,12H2,1-2H3,(H,22,24)(H,23,26)/t13-,18+/m0/s1. The normalized spacial score (nSPS) is 12.6. The molecule has 0 fully saturated rings. The number of halogens is 1. The summed E-state index contributed by atoms with van der Waals surface area (Å²) >= 11 is 0. The van der Waals surface area contributed by atoms with E-state index in [1.807, 2.05) is 6.07 Å². The first-order valence-electron chi connectivity index (χ1n) is 8.43. The first-order valence-corrected chi connectivity index (χ1v) is 8.43. The Balaban J connectivity index is 1.94. The Kier molecular flexibility index (Phi) is 7.05. The van der Waals surface area contributed by atoms with E-state index in [1.165, 1.54) is 38.1 Å². The molecule has 142 valence electrons. The van der Waals surface area contributed by atoms with Crippen molar-refractivity contribution in [2.24, 2.45) is 0 Å². The molecule has 0 saturated carbocycles. The van der Waals surface area contributed by atoms with Gasteiger partial charge in [0.2, 0.25) is 5.91 Å². The van der Waals surface area contributed by atoms with Crippen LogP contribution in [0, 0.1) is 5.82 Å². The van der Waals surface area contributed by atoms with Gasteiger partial charge in [-0.2, -0.15) is 0 Å². The highest BCUT2D eigenvalue weighted by Gasteiger charge is 2.22. The number of anilines is 1. The van der Waals surface area contributed by atoms with Crippen LogP contribution in [0.15, 0.2) is 54.6 Å². The van der Waals surface area contributed by atoms with Gasteiger partial charge in [-0.25, -0.2) is 4.39 Å². The maximum Gasteiger partial charge on any atom is 0.309 e. The van der Waals surface area contributed by atoms with Crippen molar-refractivity contribution in [1.82, 2.24) is 5.32 Å². The molecule has 2 amide bonds.